The fourth-order valence-corrected chi connectivity index (χ4v) is 6.90. The van der Waals surface area contributed by atoms with E-state index in [1.807, 2.05) is 0 Å². The number of hydrogen-bond donors (Lipinski definition) is 2. The molecule has 1 heterocycles. The molecular weight excluding hydrogens is 350 g/mol. The van der Waals surface area contributed by atoms with Crippen molar-refractivity contribution >= 4 is 11.6 Å². The molecule has 1 amide bonds. The van der Waals surface area contributed by atoms with Crippen LogP contribution in [0, 0.1) is 35.5 Å². The molecule has 5 heteroatoms. The maximum Gasteiger partial charge on any atom is 0.274 e. The first-order chi connectivity index (χ1) is 13.3. The van der Waals surface area contributed by atoms with Crippen molar-refractivity contribution < 1.29 is 4.79 Å². The highest BCUT2D eigenvalue weighted by molar-refractivity contribution is 5.76. The Morgan fingerprint density at radius 1 is 1.14 bits per heavy atom. The van der Waals surface area contributed by atoms with Crippen molar-refractivity contribution in [3.05, 3.63) is 28.7 Å². The van der Waals surface area contributed by atoms with Crippen molar-refractivity contribution in [3.8, 4) is 0 Å². The summed E-state index contributed by atoms with van der Waals surface area (Å²) in [6.45, 7) is 7.16. The van der Waals surface area contributed by atoms with Gasteiger partial charge in [0.05, 0.1) is 0 Å². The molecule has 3 aliphatic carbocycles. The zero-order valence-electron chi connectivity index (χ0n) is 17.7. The van der Waals surface area contributed by atoms with Gasteiger partial charge in [0.15, 0.2) is 0 Å². The van der Waals surface area contributed by atoms with Crippen LogP contribution in [0.2, 0.25) is 0 Å². The van der Waals surface area contributed by atoms with Gasteiger partial charge in [-0.3, -0.25) is 9.59 Å². The quantitative estimate of drug-likeness (QED) is 0.834. The number of amides is 1. The maximum atomic E-state index is 12.9. The molecule has 7 atom stereocenters. The zero-order chi connectivity index (χ0) is 20.1. The molecule has 4 rings (SSSR count). The van der Waals surface area contributed by atoms with Crippen LogP contribution >= 0.6 is 0 Å². The molecule has 28 heavy (non-hydrogen) atoms. The highest BCUT2D eigenvalue weighted by atomic mass is 16.2. The summed E-state index contributed by atoms with van der Waals surface area (Å²) < 4.78 is 1.49. The second-order valence-electron chi connectivity index (χ2n) is 10.1. The van der Waals surface area contributed by atoms with Crippen molar-refractivity contribution in [2.75, 3.05) is 12.4 Å². The van der Waals surface area contributed by atoms with E-state index < -0.39 is 0 Å². The topological polar surface area (TPSA) is 63.1 Å². The van der Waals surface area contributed by atoms with Crippen LogP contribution in [-0.2, 0) is 11.3 Å². The van der Waals surface area contributed by atoms with Crippen molar-refractivity contribution in [1.82, 2.24) is 9.88 Å². The third kappa shape index (κ3) is 3.48. The minimum Gasteiger partial charge on any atom is -0.384 e. The number of fused-ring (bicyclic) bond motifs is 1. The maximum absolute atomic E-state index is 12.9. The Kier molecular flexibility index (Phi) is 5.05. The average Bonchev–Trinajstić information content (AvgIpc) is 2.63. The number of nitrogens with one attached hydrogen (secondary N) is 2. The number of carbonyl (C=O) groups excluding carboxylic acids is 1. The molecule has 1 aromatic heterocycles. The van der Waals surface area contributed by atoms with E-state index in [1.54, 1.807) is 25.4 Å². The van der Waals surface area contributed by atoms with Gasteiger partial charge >= 0.3 is 0 Å². The predicted molar refractivity (Wildman–Crippen MR) is 112 cm³/mol. The number of hydrogen-bond acceptors (Lipinski definition) is 3. The molecule has 3 aliphatic rings. The Morgan fingerprint density at radius 2 is 1.79 bits per heavy atom. The molecule has 0 radical (unpaired) electrons. The first kappa shape index (κ1) is 19.5. The molecule has 0 aliphatic heterocycles. The smallest absolute Gasteiger partial charge is 0.274 e. The molecule has 0 saturated heterocycles. The highest BCUT2D eigenvalue weighted by Gasteiger charge is 2.52. The van der Waals surface area contributed by atoms with Gasteiger partial charge in [0.2, 0.25) is 5.91 Å². The molecule has 1 aromatic rings. The molecule has 2 N–H and O–H groups in total. The molecule has 0 spiro atoms. The van der Waals surface area contributed by atoms with Gasteiger partial charge in [-0.25, -0.2) is 0 Å². The van der Waals surface area contributed by atoms with Crippen LogP contribution in [0.1, 0.15) is 52.9 Å². The van der Waals surface area contributed by atoms with E-state index in [1.165, 1.54) is 23.8 Å². The minimum atomic E-state index is -0.167. The van der Waals surface area contributed by atoms with Crippen LogP contribution in [0.15, 0.2) is 23.1 Å². The Bertz CT molecular complexity index is 779. The predicted octanol–water partition coefficient (Wildman–Crippen LogP) is 3.49. The average molecular weight is 386 g/mol. The third-order valence-electron chi connectivity index (χ3n) is 7.99. The highest BCUT2D eigenvalue weighted by Crippen LogP contribution is 2.57. The molecular formula is C23H35N3O2. The van der Waals surface area contributed by atoms with E-state index in [0.717, 1.165) is 48.3 Å². The Hall–Kier alpha value is -1.78. The second kappa shape index (κ2) is 7.23. The van der Waals surface area contributed by atoms with E-state index in [0.29, 0.717) is 5.69 Å². The van der Waals surface area contributed by atoms with Crippen LogP contribution in [-0.4, -0.2) is 23.1 Å². The summed E-state index contributed by atoms with van der Waals surface area (Å²) in [6.07, 6.45) is 7.95. The fraction of sp³-hybridized carbons (Fsp3) is 0.739. The zero-order valence-corrected chi connectivity index (χ0v) is 17.7. The summed E-state index contributed by atoms with van der Waals surface area (Å²) in [6, 6.07) is 3.54. The van der Waals surface area contributed by atoms with Gasteiger partial charge in [0.25, 0.3) is 5.56 Å². The lowest BCUT2D eigenvalue weighted by Crippen LogP contribution is -2.58. The van der Waals surface area contributed by atoms with Crippen LogP contribution in [0.3, 0.4) is 0 Å². The minimum absolute atomic E-state index is 0.0545. The van der Waals surface area contributed by atoms with E-state index in [2.05, 4.69) is 31.4 Å². The first-order valence-corrected chi connectivity index (χ1v) is 11.0. The van der Waals surface area contributed by atoms with Gasteiger partial charge in [-0.05, 0) is 86.7 Å². The monoisotopic (exact) mass is 385 g/mol. The van der Waals surface area contributed by atoms with E-state index in [9.17, 15) is 9.59 Å². The normalized spacial score (nSPS) is 39.3. The van der Waals surface area contributed by atoms with Crippen LogP contribution in [0.4, 0.5) is 5.69 Å². The van der Waals surface area contributed by atoms with Gasteiger partial charge in [0, 0.05) is 18.8 Å². The molecule has 154 valence electrons. The lowest BCUT2D eigenvalue weighted by Gasteiger charge is -2.58. The molecule has 5 nitrogen and oxygen atoms in total. The van der Waals surface area contributed by atoms with E-state index in [-0.39, 0.29) is 23.6 Å². The van der Waals surface area contributed by atoms with Crippen LogP contribution in [0.25, 0.3) is 0 Å². The standard InChI is InChI=1S/C23H35N3O2/c1-14-8-16-9-15(2)19-12-23(3,11-18(14)17(19)10-16)25-21(27)13-26-7-5-6-20(24-4)22(26)28/h5-7,14-19,24H,8-13H2,1-4H3,(H,25,27)/t14-,15?,16?,17?,18+,19?,23?/m1/s1. The summed E-state index contributed by atoms with van der Waals surface area (Å²) >= 11 is 0. The lowest BCUT2D eigenvalue weighted by atomic mass is 9.49. The summed E-state index contributed by atoms with van der Waals surface area (Å²) in [5, 5.41) is 6.24. The largest absolute Gasteiger partial charge is 0.384 e. The number of anilines is 1. The molecule has 2 bridgehead atoms. The summed E-state index contributed by atoms with van der Waals surface area (Å²) in [5.74, 6) is 4.67. The number of aromatic nitrogens is 1. The second-order valence-corrected chi connectivity index (χ2v) is 10.1. The Labute approximate surface area is 168 Å². The van der Waals surface area contributed by atoms with Gasteiger partial charge in [0.1, 0.15) is 12.2 Å². The third-order valence-corrected chi connectivity index (χ3v) is 7.99. The Balaban J connectivity index is 1.49. The van der Waals surface area contributed by atoms with Gasteiger partial charge < -0.3 is 15.2 Å². The van der Waals surface area contributed by atoms with Crippen molar-refractivity contribution in [1.29, 1.82) is 0 Å². The van der Waals surface area contributed by atoms with Crippen molar-refractivity contribution in [2.45, 2.75) is 65.0 Å². The summed E-state index contributed by atoms with van der Waals surface area (Å²) in [7, 11) is 1.72. The van der Waals surface area contributed by atoms with Gasteiger partial charge in [-0.15, -0.1) is 0 Å². The SMILES string of the molecule is CNc1cccn(CC(=O)NC2(C)CC3C(C)CC4CC3[C@@H](C2)[C@H](C)C4)c1=O. The van der Waals surface area contributed by atoms with E-state index >= 15 is 0 Å². The van der Waals surface area contributed by atoms with Gasteiger partial charge in [-0.2, -0.15) is 0 Å². The lowest BCUT2D eigenvalue weighted by molar-refractivity contribution is -0.127. The number of rotatable bonds is 4. The first-order valence-electron chi connectivity index (χ1n) is 11.0. The van der Waals surface area contributed by atoms with Crippen molar-refractivity contribution in [3.63, 3.8) is 0 Å². The molecule has 5 unspecified atom stereocenters. The summed E-state index contributed by atoms with van der Waals surface area (Å²) in [5.41, 5.74) is 0.199. The fourth-order valence-electron chi connectivity index (χ4n) is 6.90. The van der Waals surface area contributed by atoms with Gasteiger partial charge in [-0.1, -0.05) is 13.8 Å². The Morgan fingerprint density at radius 3 is 2.39 bits per heavy atom. The van der Waals surface area contributed by atoms with E-state index in [4.69, 9.17) is 0 Å². The molecule has 3 fully saturated rings. The number of carbonyl (C=O) groups is 1. The number of nitrogens with zero attached hydrogens (tertiary/aromatic N) is 1. The summed E-state index contributed by atoms with van der Waals surface area (Å²) in [4.78, 5) is 25.3. The molecule has 3 saturated carbocycles. The van der Waals surface area contributed by atoms with Crippen LogP contribution in [0.5, 0.6) is 0 Å². The number of pyridine rings is 1. The van der Waals surface area contributed by atoms with Crippen LogP contribution < -0.4 is 16.2 Å². The molecule has 0 aromatic carbocycles. The van der Waals surface area contributed by atoms with Crippen molar-refractivity contribution in [2.24, 2.45) is 35.5 Å².